The molecule has 2 saturated carbocycles. The highest BCUT2D eigenvalue weighted by Crippen LogP contribution is 2.66. The number of hydrogen-bond donors (Lipinski definition) is 1. The predicted octanol–water partition coefficient (Wildman–Crippen LogP) is 6.42. The Bertz CT molecular complexity index is 1960. The lowest BCUT2D eigenvalue weighted by atomic mass is 9.81. The number of esters is 1. The van der Waals surface area contributed by atoms with E-state index in [1.807, 2.05) is 18.2 Å². The largest absolute Gasteiger partial charge is 0.497 e. The summed E-state index contributed by atoms with van der Waals surface area (Å²) in [6, 6.07) is 16.9. The number of halogens is 1. The van der Waals surface area contributed by atoms with Crippen molar-refractivity contribution in [2.24, 2.45) is 5.41 Å². The lowest BCUT2D eigenvalue weighted by molar-refractivity contribution is -0.147. The molecule has 2 atom stereocenters. The molecule has 234 valence electrons. The van der Waals surface area contributed by atoms with Gasteiger partial charge >= 0.3 is 5.97 Å². The summed E-state index contributed by atoms with van der Waals surface area (Å²) in [7, 11) is -1.14. The number of fused-ring (bicyclic) bond motifs is 7. The van der Waals surface area contributed by atoms with Crippen molar-refractivity contribution < 1.29 is 31.9 Å². The van der Waals surface area contributed by atoms with E-state index in [9.17, 15) is 22.4 Å². The molecule has 1 aromatic heterocycles. The zero-order valence-corrected chi connectivity index (χ0v) is 26.1. The summed E-state index contributed by atoms with van der Waals surface area (Å²) in [5.41, 5.74) is 4.47. The zero-order valence-electron chi connectivity index (χ0n) is 25.3. The van der Waals surface area contributed by atoms with E-state index < -0.39 is 32.9 Å². The van der Waals surface area contributed by atoms with Crippen molar-refractivity contribution in [1.82, 2.24) is 9.29 Å². The molecule has 1 N–H and O–H groups in total. The first kappa shape index (κ1) is 29.5. The smallest absolute Gasteiger partial charge is 0.314 e. The van der Waals surface area contributed by atoms with Crippen LogP contribution in [0.25, 0.3) is 22.2 Å². The highest BCUT2D eigenvalue weighted by molar-refractivity contribution is 7.89. The molecule has 0 saturated heterocycles. The molecule has 0 radical (unpaired) electrons. The molecule has 2 fully saturated rings. The minimum Gasteiger partial charge on any atom is -0.497 e. The molecule has 1 aliphatic heterocycles. The number of amides is 1. The lowest BCUT2D eigenvalue weighted by Crippen LogP contribution is -2.31. The van der Waals surface area contributed by atoms with E-state index in [4.69, 9.17) is 9.47 Å². The van der Waals surface area contributed by atoms with Gasteiger partial charge in [-0.15, -0.1) is 0 Å². The van der Waals surface area contributed by atoms with Gasteiger partial charge in [0.25, 0.3) is 5.91 Å². The molecule has 3 aliphatic rings. The van der Waals surface area contributed by atoms with Crippen LogP contribution in [0.5, 0.6) is 5.75 Å². The quantitative estimate of drug-likeness (QED) is 0.236. The SMILES string of the molecule is COC(=O)[C@]12C[C@H]1c1cc(OC)ccc1-c1c(C3CCCCC3)c3ccc(C(=O)NS(=O)(=O)Cc4ccccc4F)cc3n1C2. The number of carbonyl (C=O) groups is 2. The first-order valence-electron chi connectivity index (χ1n) is 15.4. The summed E-state index contributed by atoms with van der Waals surface area (Å²) < 4.78 is 55.2. The van der Waals surface area contributed by atoms with Crippen LogP contribution in [-0.4, -0.2) is 39.1 Å². The average molecular weight is 631 g/mol. The van der Waals surface area contributed by atoms with Crippen LogP contribution in [-0.2, 0) is 31.9 Å². The van der Waals surface area contributed by atoms with Gasteiger partial charge in [-0.1, -0.05) is 43.5 Å². The molecule has 0 bridgehead atoms. The molecule has 8 nitrogen and oxygen atoms in total. The minimum absolute atomic E-state index is 0.0234. The number of nitrogens with zero attached hydrogens (tertiary/aromatic N) is 1. The summed E-state index contributed by atoms with van der Waals surface area (Å²) in [6.07, 6.45) is 6.16. The molecule has 7 rings (SSSR count). The van der Waals surface area contributed by atoms with Crippen LogP contribution in [0, 0.1) is 11.2 Å². The topological polar surface area (TPSA) is 104 Å². The van der Waals surface area contributed by atoms with E-state index in [-0.39, 0.29) is 23.0 Å². The maximum Gasteiger partial charge on any atom is 0.314 e. The van der Waals surface area contributed by atoms with E-state index in [0.29, 0.717) is 18.9 Å². The van der Waals surface area contributed by atoms with E-state index in [2.05, 4.69) is 15.4 Å². The van der Waals surface area contributed by atoms with Crippen LogP contribution in [0.15, 0.2) is 60.7 Å². The lowest BCUT2D eigenvalue weighted by Gasteiger charge is -2.24. The number of benzene rings is 3. The second-order valence-corrected chi connectivity index (χ2v) is 14.3. The van der Waals surface area contributed by atoms with Crippen LogP contribution in [0.2, 0.25) is 0 Å². The number of nitrogens with one attached hydrogen (secondary N) is 1. The highest BCUT2D eigenvalue weighted by Gasteiger charge is 2.64. The molecule has 0 unspecified atom stereocenters. The molecule has 1 amide bonds. The van der Waals surface area contributed by atoms with E-state index in [0.717, 1.165) is 59.2 Å². The first-order chi connectivity index (χ1) is 21.7. The van der Waals surface area contributed by atoms with Gasteiger partial charge in [0.2, 0.25) is 10.0 Å². The third kappa shape index (κ3) is 4.99. The molecule has 2 heterocycles. The number of carbonyl (C=O) groups excluding carboxylic acids is 2. The standard InChI is InChI=1S/C35H35FN2O6S/c1-43-24-13-15-25-27(17-24)28-18-35(28,34(40)44-2)20-38-30-16-22(12-14-26(30)31(32(25)38)21-8-4-3-5-9-21)33(39)37-45(41,42)19-23-10-6-7-11-29(23)36/h6-7,10-17,21,28H,3-5,8-9,18-20H2,1-2H3,(H,37,39)/t28-,35-/m0/s1. The highest BCUT2D eigenvalue weighted by atomic mass is 32.2. The van der Waals surface area contributed by atoms with Crippen molar-refractivity contribution in [2.75, 3.05) is 14.2 Å². The third-order valence-electron chi connectivity index (χ3n) is 9.93. The fraction of sp³-hybridized carbons (Fsp3) is 0.371. The van der Waals surface area contributed by atoms with Crippen LogP contribution in [0.3, 0.4) is 0 Å². The van der Waals surface area contributed by atoms with Crippen molar-refractivity contribution in [3.63, 3.8) is 0 Å². The van der Waals surface area contributed by atoms with Crippen molar-refractivity contribution in [2.45, 2.75) is 62.7 Å². The monoisotopic (exact) mass is 630 g/mol. The first-order valence-corrected chi connectivity index (χ1v) is 17.0. The minimum atomic E-state index is -4.19. The van der Waals surface area contributed by atoms with Gasteiger partial charge in [-0.3, -0.25) is 9.59 Å². The van der Waals surface area contributed by atoms with Gasteiger partial charge in [-0.05, 0) is 72.7 Å². The Hall–Kier alpha value is -4.18. The van der Waals surface area contributed by atoms with E-state index in [1.54, 1.807) is 25.3 Å². The number of aromatic nitrogens is 1. The molecular formula is C35H35FN2O6S. The molecule has 10 heteroatoms. The second kappa shape index (κ2) is 11.0. The second-order valence-electron chi connectivity index (χ2n) is 12.6. The number of sulfonamides is 1. The Morgan fingerprint density at radius 1 is 1.02 bits per heavy atom. The normalized spacial score (nSPS) is 20.8. The zero-order chi connectivity index (χ0) is 31.5. The van der Waals surface area contributed by atoms with Crippen molar-refractivity contribution in [3.05, 3.63) is 88.7 Å². The van der Waals surface area contributed by atoms with Crippen molar-refractivity contribution in [3.8, 4) is 17.0 Å². The number of ether oxygens (including phenoxy) is 2. The summed E-state index contributed by atoms with van der Waals surface area (Å²) in [5, 5.41) is 0.989. The molecule has 3 aromatic carbocycles. The van der Waals surface area contributed by atoms with Gasteiger partial charge in [0.1, 0.15) is 11.6 Å². The summed E-state index contributed by atoms with van der Waals surface area (Å²) in [4.78, 5) is 26.8. The maximum atomic E-state index is 14.2. The van der Waals surface area contributed by atoms with Gasteiger partial charge in [0.05, 0.1) is 31.1 Å². The Labute approximate surface area is 261 Å². The number of hydrogen-bond acceptors (Lipinski definition) is 6. The van der Waals surface area contributed by atoms with E-state index in [1.165, 1.54) is 37.3 Å². The van der Waals surface area contributed by atoms with Gasteiger partial charge in [-0.2, -0.15) is 0 Å². The number of rotatable bonds is 7. The summed E-state index contributed by atoms with van der Waals surface area (Å²) in [5.74, 6) is -1.41. The Morgan fingerprint density at radius 2 is 1.80 bits per heavy atom. The van der Waals surface area contributed by atoms with Gasteiger partial charge < -0.3 is 14.0 Å². The molecule has 45 heavy (non-hydrogen) atoms. The van der Waals surface area contributed by atoms with Crippen LogP contribution in [0.1, 0.15) is 77.4 Å². The van der Waals surface area contributed by atoms with Crippen molar-refractivity contribution in [1.29, 1.82) is 0 Å². The van der Waals surface area contributed by atoms with Gasteiger partial charge in [0.15, 0.2) is 0 Å². The fourth-order valence-corrected chi connectivity index (χ4v) is 8.78. The van der Waals surface area contributed by atoms with Gasteiger partial charge in [0, 0.05) is 40.1 Å². The molecule has 2 aliphatic carbocycles. The van der Waals surface area contributed by atoms with E-state index >= 15 is 0 Å². The molecular weight excluding hydrogens is 595 g/mol. The van der Waals surface area contributed by atoms with Crippen LogP contribution >= 0.6 is 0 Å². The summed E-state index contributed by atoms with van der Waals surface area (Å²) in [6.45, 7) is 0.372. The van der Waals surface area contributed by atoms with Crippen molar-refractivity contribution >= 4 is 32.8 Å². The van der Waals surface area contributed by atoms with Crippen LogP contribution in [0.4, 0.5) is 4.39 Å². The fourth-order valence-electron chi connectivity index (χ4n) is 7.67. The maximum absolute atomic E-state index is 14.2. The van der Waals surface area contributed by atoms with Crippen LogP contribution < -0.4 is 9.46 Å². The Morgan fingerprint density at radius 3 is 2.53 bits per heavy atom. The Balaban J connectivity index is 1.37. The molecule has 0 spiro atoms. The summed E-state index contributed by atoms with van der Waals surface area (Å²) >= 11 is 0. The predicted molar refractivity (Wildman–Crippen MR) is 168 cm³/mol. The number of methoxy groups -OCH3 is 2. The molecule has 4 aromatic rings. The van der Waals surface area contributed by atoms with Gasteiger partial charge in [-0.25, -0.2) is 17.5 Å². The Kier molecular flexibility index (Phi) is 7.23. The third-order valence-corrected chi connectivity index (χ3v) is 11.1. The average Bonchev–Trinajstić information content (AvgIpc) is 3.71.